The van der Waals surface area contributed by atoms with Crippen LogP contribution in [-0.4, -0.2) is 32.5 Å². The van der Waals surface area contributed by atoms with E-state index in [0.29, 0.717) is 4.58 Å². The Balaban J connectivity index is 2.22. The van der Waals surface area contributed by atoms with Gasteiger partial charge in [0.05, 0.1) is 11.7 Å². The Bertz CT molecular complexity index is 378. The first-order chi connectivity index (χ1) is 8.86. The SMILES string of the molecule is COCOc1cccc(C2SCCCS2)c1OC. The van der Waals surface area contributed by atoms with Gasteiger partial charge in [0.1, 0.15) is 0 Å². The molecule has 1 heterocycles. The number of para-hydroxylation sites is 1. The molecule has 1 aliphatic rings. The summed E-state index contributed by atoms with van der Waals surface area (Å²) in [6.45, 7) is 0.241. The van der Waals surface area contributed by atoms with E-state index < -0.39 is 0 Å². The summed E-state index contributed by atoms with van der Waals surface area (Å²) in [4.78, 5) is 0. The minimum absolute atomic E-state index is 0.241. The average molecular weight is 286 g/mol. The molecule has 0 atom stereocenters. The maximum Gasteiger partial charge on any atom is 0.188 e. The number of rotatable bonds is 5. The zero-order valence-electron chi connectivity index (χ0n) is 10.7. The number of thioether (sulfide) groups is 2. The van der Waals surface area contributed by atoms with Crippen LogP contribution in [0.2, 0.25) is 0 Å². The van der Waals surface area contributed by atoms with Crippen molar-refractivity contribution in [3.05, 3.63) is 23.8 Å². The van der Waals surface area contributed by atoms with E-state index in [2.05, 4.69) is 6.07 Å². The number of ether oxygens (including phenoxy) is 3. The van der Waals surface area contributed by atoms with Gasteiger partial charge in [0, 0.05) is 12.7 Å². The van der Waals surface area contributed by atoms with Crippen LogP contribution in [0.5, 0.6) is 11.5 Å². The molecule has 0 spiro atoms. The molecule has 1 aromatic carbocycles. The Kier molecular flexibility index (Phi) is 5.53. The first-order valence-electron chi connectivity index (χ1n) is 5.88. The molecular weight excluding hydrogens is 268 g/mol. The van der Waals surface area contributed by atoms with E-state index in [9.17, 15) is 0 Å². The molecule has 1 saturated heterocycles. The van der Waals surface area contributed by atoms with Gasteiger partial charge in [-0.15, -0.1) is 23.5 Å². The second kappa shape index (κ2) is 7.16. The van der Waals surface area contributed by atoms with Gasteiger partial charge in [-0.3, -0.25) is 0 Å². The standard InChI is InChI=1S/C13H18O3S2/c1-14-9-16-11-6-3-5-10(12(11)15-2)13-17-7-4-8-18-13/h3,5-6,13H,4,7-9H2,1-2H3. The third-order valence-electron chi connectivity index (χ3n) is 2.63. The zero-order valence-corrected chi connectivity index (χ0v) is 12.3. The highest BCUT2D eigenvalue weighted by molar-refractivity contribution is 8.16. The van der Waals surface area contributed by atoms with Crippen molar-refractivity contribution in [3.63, 3.8) is 0 Å². The molecule has 2 rings (SSSR count). The lowest BCUT2D eigenvalue weighted by Gasteiger charge is -2.24. The van der Waals surface area contributed by atoms with Crippen LogP contribution in [0.25, 0.3) is 0 Å². The summed E-state index contributed by atoms with van der Waals surface area (Å²) >= 11 is 3.95. The molecule has 1 aliphatic heterocycles. The second-order valence-electron chi connectivity index (χ2n) is 3.86. The van der Waals surface area contributed by atoms with Gasteiger partial charge < -0.3 is 14.2 Å². The first kappa shape index (κ1) is 13.9. The smallest absolute Gasteiger partial charge is 0.188 e. The minimum atomic E-state index is 0.241. The molecule has 1 aromatic rings. The number of hydrogen-bond acceptors (Lipinski definition) is 5. The topological polar surface area (TPSA) is 27.7 Å². The molecule has 0 aromatic heterocycles. The Morgan fingerprint density at radius 2 is 2.00 bits per heavy atom. The summed E-state index contributed by atoms with van der Waals surface area (Å²) < 4.78 is 16.4. The molecular formula is C13H18O3S2. The maximum absolute atomic E-state index is 5.54. The number of hydrogen-bond donors (Lipinski definition) is 0. The van der Waals surface area contributed by atoms with Crippen molar-refractivity contribution in [3.8, 4) is 11.5 Å². The molecule has 1 fully saturated rings. The predicted molar refractivity (Wildman–Crippen MR) is 77.8 cm³/mol. The highest BCUT2D eigenvalue weighted by Crippen LogP contribution is 2.48. The Hall–Kier alpha value is -0.520. The fourth-order valence-electron chi connectivity index (χ4n) is 1.84. The Morgan fingerprint density at radius 1 is 1.22 bits per heavy atom. The largest absolute Gasteiger partial charge is 0.492 e. The average Bonchev–Trinajstić information content (AvgIpc) is 2.45. The van der Waals surface area contributed by atoms with Crippen molar-refractivity contribution in [1.29, 1.82) is 0 Å². The van der Waals surface area contributed by atoms with Crippen molar-refractivity contribution >= 4 is 23.5 Å². The van der Waals surface area contributed by atoms with Gasteiger partial charge in [-0.05, 0) is 24.0 Å². The number of benzene rings is 1. The highest BCUT2D eigenvalue weighted by Gasteiger charge is 2.22. The molecule has 0 N–H and O–H groups in total. The minimum Gasteiger partial charge on any atom is -0.492 e. The summed E-state index contributed by atoms with van der Waals surface area (Å²) in [6.07, 6.45) is 1.29. The molecule has 0 unspecified atom stereocenters. The predicted octanol–water partition coefficient (Wildman–Crippen LogP) is 3.55. The fraction of sp³-hybridized carbons (Fsp3) is 0.538. The van der Waals surface area contributed by atoms with E-state index in [1.165, 1.54) is 23.5 Å². The third-order valence-corrected chi connectivity index (χ3v) is 5.61. The van der Waals surface area contributed by atoms with Gasteiger partial charge >= 0.3 is 0 Å². The Labute approximate surface area is 117 Å². The van der Waals surface area contributed by atoms with E-state index in [0.717, 1.165) is 11.5 Å². The third kappa shape index (κ3) is 3.28. The van der Waals surface area contributed by atoms with E-state index in [1.54, 1.807) is 14.2 Å². The summed E-state index contributed by atoms with van der Waals surface area (Å²) in [5.74, 6) is 4.01. The summed E-state index contributed by atoms with van der Waals surface area (Å²) in [6, 6.07) is 6.05. The van der Waals surface area contributed by atoms with E-state index >= 15 is 0 Å². The molecule has 5 heteroatoms. The van der Waals surface area contributed by atoms with Crippen LogP contribution in [-0.2, 0) is 4.74 Å². The normalized spacial score (nSPS) is 16.6. The maximum atomic E-state index is 5.54. The monoisotopic (exact) mass is 286 g/mol. The van der Waals surface area contributed by atoms with Crippen LogP contribution >= 0.6 is 23.5 Å². The van der Waals surface area contributed by atoms with Gasteiger partial charge in [-0.2, -0.15) is 0 Å². The van der Waals surface area contributed by atoms with Crippen molar-refractivity contribution < 1.29 is 14.2 Å². The van der Waals surface area contributed by atoms with Gasteiger partial charge in [0.2, 0.25) is 0 Å². The quantitative estimate of drug-likeness (QED) is 0.772. The van der Waals surface area contributed by atoms with Crippen LogP contribution < -0.4 is 9.47 Å². The van der Waals surface area contributed by atoms with Crippen LogP contribution in [0.1, 0.15) is 16.6 Å². The van der Waals surface area contributed by atoms with Gasteiger partial charge in [0.25, 0.3) is 0 Å². The van der Waals surface area contributed by atoms with Crippen LogP contribution in [0, 0.1) is 0 Å². The molecule has 18 heavy (non-hydrogen) atoms. The Morgan fingerprint density at radius 3 is 2.67 bits per heavy atom. The molecule has 0 aliphatic carbocycles. The van der Waals surface area contributed by atoms with Crippen LogP contribution in [0.15, 0.2) is 18.2 Å². The van der Waals surface area contributed by atoms with Crippen molar-refractivity contribution in [1.82, 2.24) is 0 Å². The van der Waals surface area contributed by atoms with Crippen molar-refractivity contribution in [2.45, 2.75) is 11.0 Å². The molecule has 100 valence electrons. The molecule has 3 nitrogen and oxygen atoms in total. The zero-order chi connectivity index (χ0) is 12.8. The lowest BCUT2D eigenvalue weighted by atomic mass is 10.2. The van der Waals surface area contributed by atoms with Gasteiger partial charge in [-0.1, -0.05) is 12.1 Å². The lowest BCUT2D eigenvalue weighted by Crippen LogP contribution is -2.05. The van der Waals surface area contributed by atoms with Crippen LogP contribution in [0.3, 0.4) is 0 Å². The lowest BCUT2D eigenvalue weighted by molar-refractivity contribution is 0.0491. The van der Waals surface area contributed by atoms with E-state index in [4.69, 9.17) is 14.2 Å². The summed E-state index contributed by atoms with van der Waals surface area (Å²) in [5.41, 5.74) is 1.21. The van der Waals surface area contributed by atoms with Gasteiger partial charge in [0.15, 0.2) is 18.3 Å². The summed E-state index contributed by atoms with van der Waals surface area (Å²) in [7, 11) is 3.31. The summed E-state index contributed by atoms with van der Waals surface area (Å²) in [5, 5.41) is 0. The van der Waals surface area contributed by atoms with Crippen molar-refractivity contribution in [2.24, 2.45) is 0 Å². The van der Waals surface area contributed by atoms with Crippen LogP contribution in [0.4, 0.5) is 0 Å². The van der Waals surface area contributed by atoms with E-state index in [1.807, 2.05) is 35.7 Å². The highest BCUT2D eigenvalue weighted by atomic mass is 32.2. The molecule has 0 bridgehead atoms. The second-order valence-corrected chi connectivity index (χ2v) is 6.58. The first-order valence-corrected chi connectivity index (χ1v) is 7.98. The number of methoxy groups -OCH3 is 2. The molecule has 0 radical (unpaired) electrons. The molecule has 0 amide bonds. The molecule has 0 saturated carbocycles. The van der Waals surface area contributed by atoms with E-state index in [-0.39, 0.29) is 6.79 Å². The van der Waals surface area contributed by atoms with Gasteiger partial charge in [-0.25, -0.2) is 0 Å². The fourth-order valence-corrected chi connectivity index (χ4v) is 4.77. The van der Waals surface area contributed by atoms with Crippen molar-refractivity contribution in [2.75, 3.05) is 32.5 Å².